The molecule has 4 heterocycles. The lowest BCUT2D eigenvalue weighted by atomic mass is 10.1. The Labute approximate surface area is 277 Å². The van der Waals surface area contributed by atoms with E-state index in [4.69, 9.17) is 29.4 Å². The predicted octanol–water partition coefficient (Wildman–Crippen LogP) is 3.22. The van der Waals surface area contributed by atoms with E-state index < -0.39 is 72.7 Å². The molecule has 0 saturated carbocycles. The van der Waals surface area contributed by atoms with Crippen LogP contribution < -0.4 is 11.3 Å². The fraction of sp³-hybridized carbons (Fsp3) is 0.406. The van der Waals surface area contributed by atoms with E-state index in [0.717, 1.165) is 4.68 Å². The largest absolute Gasteiger partial charge is 0.451 e. The number of nitrogens with one attached hydrogen (secondary N) is 1. The van der Waals surface area contributed by atoms with Crippen LogP contribution in [-0.2, 0) is 28.5 Å². The summed E-state index contributed by atoms with van der Waals surface area (Å²) in [6, 6.07) is 16.4. The highest BCUT2D eigenvalue weighted by Crippen LogP contribution is 2.36. The first-order chi connectivity index (χ1) is 23.5. The van der Waals surface area contributed by atoms with Crippen LogP contribution in [0.3, 0.4) is 0 Å². The number of benzene rings is 2. The number of nitrogen functional groups attached to an aromatic ring is 1. The summed E-state index contributed by atoms with van der Waals surface area (Å²) in [7, 11) is 0. The molecule has 4 aromatic rings. The minimum atomic E-state index is -1.60. The van der Waals surface area contributed by atoms with E-state index in [9.17, 15) is 28.0 Å². The summed E-state index contributed by atoms with van der Waals surface area (Å²) in [5.74, 6) is -2.15. The molecule has 49 heavy (non-hydrogen) atoms. The average molecular weight is 685 g/mol. The Kier molecular flexibility index (Phi) is 10.9. The Morgan fingerprint density at radius 3 is 1.94 bits per heavy atom. The van der Waals surface area contributed by atoms with E-state index in [1.807, 2.05) is 0 Å². The first-order valence-corrected chi connectivity index (χ1v) is 15.4. The third-order valence-electron chi connectivity index (χ3n) is 7.70. The summed E-state index contributed by atoms with van der Waals surface area (Å²) in [5.41, 5.74) is 5.50. The van der Waals surface area contributed by atoms with Crippen LogP contribution in [0.2, 0.25) is 0 Å². The van der Waals surface area contributed by atoms with E-state index in [1.165, 1.54) is 6.92 Å². The molecule has 17 heteroatoms. The summed E-state index contributed by atoms with van der Waals surface area (Å²) < 4.78 is 56.8. The molecule has 0 bridgehead atoms. The van der Waals surface area contributed by atoms with Crippen molar-refractivity contribution in [3.05, 3.63) is 82.1 Å². The van der Waals surface area contributed by atoms with Gasteiger partial charge in [0, 0.05) is 6.92 Å². The highest BCUT2D eigenvalue weighted by molar-refractivity contribution is 5.90. The van der Waals surface area contributed by atoms with Gasteiger partial charge in [0.25, 0.3) is 5.56 Å². The highest BCUT2D eigenvalue weighted by atomic mass is 19.1. The third kappa shape index (κ3) is 7.73. The number of halogens is 2. The zero-order chi connectivity index (χ0) is 35.2. The van der Waals surface area contributed by atoms with E-state index >= 15 is 0 Å². The lowest BCUT2D eigenvalue weighted by Gasteiger charge is -2.20. The van der Waals surface area contributed by atoms with Crippen LogP contribution in [0.15, 0.2) is 65.5 Å². The smallest absolute Gasteiger partial charge is 0.338 e. The number of carbonyl (C=O) groups excluding carboxylic acids is 3. The van der Waals surface area contributed by atoms with Gasteiger partial charge in [-0.1, -0.05) is 55.5 Å². The first-order valence-electron chi connectivity index (χ1n) is 15.4. The summed E-state index contributed by atoms with van der Waals surface area (Å²) in [6.45, 7) is 4.67. The Balaban J connectivity index is 0.000000200. The molecule has 2 aliphatic rings. The molecule has 15 nitrogen and oxygen atoms in total. The van der Waals surface area contributed by atoms with E-state index in [2.05, 4.69) is 20.3 Å². The normalized spacial score (nSPS) is 26.1. The van der Waals surface area contributed by atoms with Crippen LogP contribution in [0.4, 0.5) is 14.7 Å². The van der Waals surface area contributed by atoms with Crippen LogP contribution in [0.1, 0.15) is 60.6 Å². The summed E-state index contributed by atoms with van der Waals surface area (Å²) in [4.78, 5) is 53.7. The van der Waals surface area contributed by atoms with Gasteiger partial charge in [-0.25, -0.2) is 18.4 Å². The van der Waals surface area contributed by atoms with E-state index in [-0.39, 0.29) is 22.7 Å². The van der Waals surface area contributed by atoms with Crippen LogP contribution >= 0.6 is 0 Å². The van der Waals surface area contributed by atoms with Crippen LogP contribution in [-0.4, -0.2) is 85.9 Å². The number of aromatic nitrogens is 5. The molecule has 3 N–H and O–H groups in total. The molecule has 0 spiro atoms. The number of carbonyl (C=O) groups is 3. The number of anilines is 1. The van der Waals surface area contributed by atoms with Crippen molar-refractivity contribution in [3.63, 3.8) is 0 Å². The van der Waals surface area contributed by atoms with Gasteiger partial charge in [-0.2, -0.15) is 9.67 Å². The number of ether oxygens (including phenoxy) is 5. The van der Waals surface area contributed by atoms with Crippen molar-refractivity contribution in [2.24, 2.45) is 0 Å². The fourth-order valence-electron chi connectivity index (χ4n) is 5.29. The molecule has 1 unspecified atom stereocenters. The standard InChI is InChI=1S/C17H17FN6O4.C15H17FO5/c1-2-9-10(18)12(28-16(26)8-6-4-3-5-7-8)15(27-9)24-13-11(22-23-24)14(25)21-17(19)20-13;1-3-11-12(16)13(15(20-11)19-9(2)17)21-14(18)10-7-5-4-6-8-10/h3-7,9-10,12,15H,2H2,1H3,(H3,19,20,21,25);4-8,11-13,15H,3H2,1-2H3/t9-,10-,12-,15-;11-,12-,13-,15?/m11/s1. The molecule has 2 saturated heterocycles. The zero-order valence-corrected chi connectivity index (χ0v) is 26.6. The number of rotatable bonds is 8. The quantitative estimate of drug-likeness (QED) is 0.203. The number of nitrogens with two attached hydrogens (primary N) is 1. The molecule has 0 aliphatic carbocycles. The Bertz CT molecular complexity index is 1830. The number of H-pyrrole nitrogens is 1. The highest BCUT2D eigenvalue weighted by Gasteiger charge is 2.50. The lowest BCUT2D eigenvalue weighted by Crippen LogP contribution is -2.36. The maximum atomic E-state index is 15.0. The van der Waals surface area contributed by atoms with Crippen molar-refractivity contribution in [3.8, 4) is 0 Å². The van der Waals surface area contributed by atoms with Crippen molar-refractivity contribution < 1.29 is 46.8 Å². The number of esters is 3. The molecular formula is C32H34F2N6O9. The summed E-state index contributed by atoms with van der Waals surface area (Å²) in [6.07, 6.45) is -8.90. The van der Waals surface area contributed by atoms with E-state index in [0.29, 0.717) is 18.4 Å². The van der Waals surface area contributed by atoms with E-state index in [1.54, 1.807) is 74.5 Å². The number of alkyl halides is 2. The van der Waals surface area contributed by atoms with Crippen LogP contribution in [0.5, 0.6) is 0 Å². The molecule has 260 valence electrons. The maximum Gasteiger partial charge on any atom is 0.338 e. The second-order valence-electron chi connectivity index (χ2n) is 11.1. The van der Waals surface area contributed by atoms with Crippen molar-refractivity contribution in [2.75, 3.05) is 5.73 Å². The molecule has 2 aromatic heterocycles. The van der Waals surface area contributed by atoms with Crippen molar-refractivity contribution in [1.29, 1.82) is 0 Å². The lowest BCUT2D eigenvalue weighted by molar-refractivity contribution is -0.186. The molecule has 8 atom stereocenters. The SMILES string of the molecule is CC[C@H]1OC(OC(C)=O)[C@H](OC(=O)c2ccccc2)[C@@H]1F.CC[C@H]1O[C@@H](n2nnc3c(=O)[nH]c(N)nc32)[C@H](OC(=O)c2ccccc2)[C@@H]1F. The molecule has 0 radical (unpaired) electrons. The Morgan fingerprint density at radius 2 is 1.39 bits per heavy atom. The summed E-state index contributed by atoms with van der Waals surface area (Å²) in [5, 5.41) is 7.62. The Morgan fingerprint density at radius 1 is 0.857 bits per heavy atom. The van der Waals surface area contributed by atoms with Gasteiger partial charge in [-0.05, 0) is 37.1 Å². The van der Waals surface area contributed by atoms with Crippen LogP contribution in [0.25, 0.3) is 11.2 Å². The number of hydrogen-bond donors (Lipinski definition) is 2. The summed E-state index contributed by atoms with van der Waals surface area (Å²) >= 11 is 0. The van der Waals surface area contributed by atoms with Crippen molar-refractivity contribution in [2.45, 2.75) is 82.9 Å². The van der Waals surface area contributed by atoms with Gasteiger partial charge >= 0.3 is 17.9 Å². The molecule has 0 amide bonds. The topological polar surface area (TPSA) is 200 Å². The molecule has 6 rings (SSSR count). The maximum absolute atomic E-state index is 15.0. The monoisotopic (exact) mass is 684 g/mol. The van der Waals surface area contributed by atoms with Gasteiger partial charge < -0.3 is 29.4 Å². The van der Waals surface area contributed by atoms with Gasteiger partial charge in [0.2, 0.25) is 12.2 Å². The average Bonchev–Trinajstić information content (AvgIpc) is 3.75. The third-order valence-corrected chi connectivity index (χ3v) is 7.70. The molecule has 2 aromatic carbocycles. The zero-order valence-electron chi connectivity index (χ0n) is 26.6. The van der Waals surface area contributed by atoms with Gasteiger partial charge in [0.15, 0.2) is 41.9 Å². The molecular weight excluding hydrogens is 650 g/mol. The second-order valence-corrected chi connectivity index (χ2v) is 11.1. The van der Waals surface area contributed by atoms with Crippen molar-refractivity contribution >= 4 is 35.0 Å². The van der Waals surface area contributed by atoms with Gasteiger partial charge in [-0.3, -0.25) is 14.6 Å². The van der Waals surface area contributed by atoms with Crippen molar-refractivity contribution in [1.82, 2.24) is 25.0 Å². The van der Waals surface area contributed by atoms with Crippen LogP contribution in [0, 0.1) is 0 Å². The minimum absolute atomic E-state index is 0.0102. The van der Waals surface area contributed by atoms with Gasteiger partial charge in [0.1, 0.15) is 0 Å². The molecule has 2 fully saturated rings. The van der Waals surface area contributed by atoms with Gasteiger partial charge in [0.05, 0.1) is 23.3 Å². The fourth-order valence-corrected chi connectivity index (χ4v) is 5.29. The predicted molar refractivity (Wildman–Crippen MR) is 166 cm³/mol. The number of aromatic amines is 1. The molecule has 2 aliphatic heterocycles. The number of fused-ring (bicyclic) bond motifs is 1. The number of hydrogen-bond acceptors (Lipinski definition) is 13. The minimum Gasteiger partial charge on any atom is -0.451 e. The second kappa shape index (κ2) is 15.3. The van der Waals surface area contributed by atoms with Gasteiger partial charge in [-0.15, -0.1) is 5.10 Å². The number of nitrogens with zero attached hydrogens (tertiary/aromatic N) is 4. The Hall–Kier alpha value is -5.29. The first kappa shape index (κ1) is 35.0.